The molecule has 0 radical (unpaired) electrons. The number of amides is 2. The summed E-state index contributed by atoms with van der Waals surface area (Å²) in [5.74, 6) is -1.25. The lowest BCUT2D eigenvalue weighted by Crippen LogP contribution is -2.55. The van der Waals surface area contributed by atoms with Crippen LogP contribution in [0.3, 0.4) is 0 Å². The summed E-state index contributed by atoms with van der Waals surface area (Å²) >= 11 is 0. The molecule has 1 saturated carbocycles. The number of carbonyl (C=O) groups excluding carboxylic acids is 2. The SMILES string of the molecule is CC1(C(=O)O)CCCCC1NC(=O)[C@H]1CCC(=O)N1. The van der Waals surface area contributed by atoms with Gasteiger partial charge in [0.05, 0.1) is 5.41 Å². The Bertz CT molecular complexity index is 409. The van der Waals surface area contributed by atoms with E-state index in [9.17, 15) is 19.5 Å². The van der Waals surface area contributed by atoms with Crippen molar-refractivity contribution in [3.8, 4) is 0 Å². The maximum absolute atomic E-state index is 12.1. The fourth-order valence-electron chi connectivity index (χ4n) is 2.90. The Morgan fingerprint density at radius 1 is 1.37 bits per heavy atom. The highest BCUT2D eigenvalue weighted by Gasteiger charge is 2.44. The van der Waals surface area contributed by atoms with Crippen LogP contribution in [-0.2, 0) is 14.4 Å². The highest BCUT2D eigenvalue weighted by Crippen LogP contribution is 2.36. The quantitative estimate of drug-likeness (QED) is 0.691. The second kappa shape index (κ2) is 5.19. The molecule has 106 valence electrons. The molecule has 3 N–H and O–H groups in total. The maximum Gasteiger partial charge on any atom is 0.311 e. The maximum atomic E-state index is 12.1. The van der Waals surface area contributed by atoms with E-state index in [0.29, 0.717) is 25.7 Å². The van der Waals surface area contributed by atoms with Gasteiger partial charge in [-0.1, -0.05) is 12.8 Å². The van der Waals surface area contributed by atoms with E-state index in [4.69, 9.17) is 0 Å². The Morgan fingerprint density at radius 3 is 2.68 bits per heavy atom. The van der Waals surface area contributed by atoms with Crippen molar-refractivity contribution >= 4 is 17.8 Å². The number of nitrogens with one attached hydrogen (secondary N) is 2. The summed E-state index contributed by atoms with van der Waals surface area (Å²) < 4.78 is 0. The Balaban J connectivity index is 2.02. The number of carboxylic acid groups (broad SMARTS) is 1. The summed E-state index contributed by atoms with van der Waals surface area (Å²) in [6, 6.07) is -0.865. The van der Waals surface area contributed by atoms with Crippen molar-refractivity contribution in [2.45, 2.75) is 57.5 Å². The lowest BCUT2D eigenvalue weighted by atomic mass is 9.71. The molecular weight excluding hydrogens is 248 g/mol. The minimum atomic E-state index is -0.906. The van der Waals surface area contributed by atoms with Crippen LogP contribution in [0.1, 0.15) is 45.4 Å². The third kappa shape index (κ3) is 2.72. The Hall–Kier alpha value is -1.59. The number of rotatable bonds is 3. The van der Waals surface area contributed by atoms with Gasteiger partial charge in [-0.3, -0.25) is 14.4 Å². The van der Waals surface area contributed by atoms with Crippen molar-refractivity contribution in [1.29, 1.82) is 0 Å². The van der Waals surface area contributed by atoms with Crippen LogP contribution in [0, 0.1) is 5.41 Å². The van der Waals surface area contributed by atoms with Crippen LogP contribution in [0.2, 0.25) is 0 Å². The molecule has 2 aliphatic rings. The van der Waals surface area contributed by atoms with Crippen LogP contribution in [0.5, 0.6) is 0 Å². The van der Waals surface area contributed by atoms with Crippen LogP contribution >= 0.6 is 0 Å². The van der Waals surface area contributed by atoms with E-state index >= 15 is 0 Å². The van der Waals surface area contributed by atoms with Gasteiger partial charge in [-0.05, 0) is 26.2 Å². The lowest BCUT2D eigenvalue weighted by Gasteiger charge is -2.38. The van der Waals surface area contributed by atoms with Gasteiger partial charge in [-0.2, -0.15) is 0 Å². The monoisotopic (exact) mass is 268 g/mol. The molecule has 6 heteroatoms. The summed E-state index contributed by atoms with van der Waals surface area (Å²) in [5, 5.41) is 14.8. The second-order valence-electron chi connectivity index (χ2n) is 5.69. The molecule has 1 heterocycles. The van der Waals surface area contributed by atoms with Crippen molar-refractivity contribution in [2.75, 3.05) is 0 Å². The zero-order chi connectivity index (χ0) is 14.0. The van der Waals surface area contributed by atoms with Crippen molar-refractivity contribution in [2.24, 2.45) is 5.41 Å². The van der Waals surface area contributed by atoms with E-state index in [1.54, 1.807) is 6.92 Å². The van der Waals surface area contributed by atoms with E-state index < -0.39 is 17.4 Å². The zero-order valence-corrected chi connectivity index (χ0v) is 11.1. The standard InChI is InChI=1S/C13H20N2O4/c1-13(12(18)19)7-3-2-4-9(13)15-11(17)8-5-6-10(16)14-8/h8-9H,2-7H2,1H3,(H,14,16)(H,15,17)(H,18,19)/t8-,9?,13?/m1/s1. The summed E-state index contributed by atoms with van der Waals surface area (Å²) in [5.41, 5.74) is -0.906. The molecule has 0 spiro atoms. The highest BCUT2D eigenvalue weighted by molar-refractivity contribution is 5.91. The molecule has 3 atom stereocenters. The highest BCUT2D eigenvalue weighted by atomic mass is 16.4. The Morgan fingerprint density at radius 2 is 2.11 bits per heavy atom. The average molecular weight is 268 g/mol. The third-order valence-electron chi connectivity index (χ3n) is 4.32. The molecule has 1 aliphatic heterocycles. The van der Waals surface area contributed by atoms with E-state index in [1.165, 1.54) is 0 Å². The van der Waals surface area contributed by atoms with Crippen LogP contribution in [0.25, 0.3) is 0 Å². The first-order valence-corrected chi connectivity index (χ1v) is 6.76. The topological polar surface area (TPSA) is 95.5 Å². The van der Waals surface area contributed by atoms with Crippen molar-refractivity contribution in [1.82, 2.24) is 10.6 Å². The van der Waals surface area contributed by atoms with Gasteiger partial charge < -0.3 is 15.7 Å². The predicted molar refractivity (Wildman–Crippen MR) is 67.3 cm³/mol. The molecule has 1 saturated heterocycles. The van der Waals surface area contributed by atoms with Gasteiger partial charge in [0.1, 0.15) is 6.04 Å². The molecule has 6 nitrogen and oxygen atoms in total. The molecule has 19 heavy (non-hydrogen) atoms. The van der Waals surface area contributed by atoms with Crippen LogP contribution in [0.15, 0.2) is 0 Å². The molecular formula is C13H20N2O4. The largest absolute Gasteiger partial charge is 0.481 e. The van der Waals surface area contributed by atoms with Gasteiger partial charge in [0.2, 0.25) is 11.8 Å². The average Bonchev–Trinajstić information content (AvgIpc) is 2.79. The molecule has 2 unspecified atom stereocenters. The third-order valence-corrected chi connectivity index (χ3v) is 4.32. The lowest BCUT2D eigenvalue weighted by molar-refractivity contribution is -0.152. The summed E-state index contributed by atoms with van der Waals surface area (Å²) in [6.07, 6.45) is 3.89. The van der Waals surface area contributed by atoms with Crippen LogP contribution in [0.4, 0.5) is 0 Å². The predicted octanol–water partition coefficient (Wildman–Crippen LogP) is 0.415. The molecule has 2 amide bonds. The summed E-state index contributed by atoms with van der Waals surface area (Å²) in [4.78, 5) is 34.6. The number of aliphatic carboxylic acids is 1. The zero-order valence-electron chi connectivity index (χ0n) is 11.1. The first-order chi connectivity index (χ1) is 8.93. The number of carbonyl (C=O) groups is 3. The van der Waals surface area contributed by atoms with Gasteiger partial charge in [-0.25, -0.2) is 0 Å². The minimum absolute atomic E-state index is 0.121. The smallest absolute Gasteiger partial charge is 0.311 e. The molecule has 2 fully saturated rings. The number of carboxylic acids is 1. The van der Waals surface area contributed by atoms with E-state index in [1.807, 2.05) is 0 Å². The van der Waals surface area contributed by atoms with E-state index in [0.717, 1.165) is 12.8 Å². The number of hydrogen-bond donors (Lipinski definition) is 3. The van der Waals surface area contributed by atoms with Crippen LogP contribution in [-0.4, -0.2) is 35.0 Å². The van der Waals surface area contributed by atoms with Gasteiger partial charge in [-0.15, -0.1) is 0 Å². The van der Waals surface area contributed by atoms with Gasteiger partial charge in [0, 0.05) is 12.5 Å². The molecule has 0 aromatic heterocycles. The summed E-state index contributed by atoms with van der Waals surface area (Å²) in [7, 11) is 0. The number of hydrogen-bond acceptors (Lipinski definition) is 3. The fraction of sp³-hybridized carbons (Fsp3) is 0.769. The van der Waals surface area contributed by atoms with Crippen LogP contribution < -0.4 is 10.6 Å². The normalized spacial score (nSPS) is 34.7. The van der Waals surface area contributed by atoms with Crippen molar-refractivity contribution < 1.29 is 19.5 Å². The fourth-order valence-corrected chi connectivity index (χ4v) is 2.90. The molecule has 0 aromatic rings. The molecule has 0 aromatic carbocycles. The second-order valence-corrected chi connectivity index (χ2v) is 5.69. The van der Waals surface area contributed by atoms with Crippen molar-refractivity contribution in [3.05, 3.63) is 0 Å². The Kier molecular flexibility index (Phi) is 3.78. The molecule has 0 bridgehead atoms. The van der Waals surface area contributed by atoms with Gasteiger partial charge >= 0.3 is 5.97 Å². The summed E-state index contributed by atoms with van der Waals surface area (Å²) in [6.45, 7) is 1.69. The van der Waals surface area contributed by atoms with E-state index in [-0.39, 0.29) is 17.9 Å². The first kappa shape index (κ1) is 13.8. The first-order valence-electron chi connectivity index (χ1n) is 6.76. The van der Waals surface area contributed by atoms with Gasteiger partial charge in [0.25, 0.3) is 0 Å². The van der Waals surface area contributed by atoms with Crippen molar-refractivity contribution in [3.63, 3.8) is 0 Å². The van der Waals surface area contributed by atoms with E-state index in [2.05, 4.69) is 10.6 Å². The molecule has 2 rings (SSSR count). The molecule has 1 aliphatic carbocycles. The Labute approximate surface area is 111 Å². The minimum Gasteiger partial charge on any atom is -0.481 e. The van der Waals surface area contributed by atoms with Gasteiger partial charge in [0.15, 0.2) is 0 Å².